The number of carbonyl (C=O) groups is 2. The topological polar surface area (TPSA) is 43.9 Å². The average molecular weight is 341 g/mol. The first-order valence-corrected chi connectivity index (χ1v) is 9.49. The molecule has 3 aliphatic rings. The zero-order valence-corrected chi connectivity index (χ0v) is 15.0. The third-order valence-corrected chi connectivity index (χ3v) is 6.07. The van der Waals surface area contributed by atoms with Crippen LogP contribution in [0.15, 0.2) is 24.3 Å². The van der Waals surface area contributed by atoms with Crippen LogP contribution in [-0.2, 0) is 4.79 Å². The fourth-order valence-electron chi connectivity index (χ4n) is 4.56. The van der Waals surface area contributed by atoms with E-state index < -0.39 is 0 Å². The van der Waals surface area contributed by atoms with Crippen LogP contribution in [0.2, 0.25) is 0 Å². The van der Waals surface area contributed by atoms with Crippen LogP contribution in [0.25, 0.3) is 0 Å². The van der Waals surface area contributed by atoms with Crippen molar-refractivity contribution in [2.24, 2.45) is 11.8 Å². The number of rotatable bonds is 4. The van der Waals surface area contributed by atoms with Crippen molar-refractivity contribution in [3.05, 3.63) is 35.4 Å². The van der Waals surface area contributed by atoms with Gasteiger partial charge in [0.15, 0.2) is 0 Å². The molecule has 4 rings (SSSR count). The van der Waals surface area contributed by atoms with Crippen LogP contribution in [-0.4, -0.2) is 72.3 Å². The van der Waals surface area contributed by atoms with E-state index >= 15 is 0 Å². The van der Waals surface area contributed by atoms with E-state index in [9.17, 15) is 9.59 Å². The third-order valence-electron chi connectivity index (χ3n) is 6.07. The Morgan fingerprint density at radius 1 is 1.08 bits per heavy atom. The van der Waals surface area contributed by atoms with Gasteiger partial charge in [-0.1, -0.05) is 18.2 Å². The number of likely N-dealkylation sites (tertiary alicyclic amines) is 3. The second-order valence-corrected chi connectivity index (χ2v) is 7.72. The normalized spacial score (nSPS) is 26.5. The number of benzene rings is 1. The van der Waals surface area contributed by atoms with E-state index in [1.807, 2.05) is 41.0 Å². The summed E-state index contributed by atoms with van der Waals surface area (Å²) in [4.78, 5) is 31.9. The molecule has 1 aromatic rings. The molecular weight excluding hydrogens is 314 g/mol. The molecule has 0 unspecified atom stereocenters. The van der Waals surface area contributed by atoms with Crippen molar-refractivity contribution in [3.63, 3.8) is 0 Å². The standard InChI is InChI=1S/C20H27N3O2/c1-15-6-2-3-7-17(15)19(24)23-13-16-12-22(20(25)18(16)14-23)11-10-21-8-4-5-9-21/h2-3,6-7,16,18H,4-5,8-14H2,1H3/t16-,18+/m1/s1. The molecule has 3 heterocycles. The molecule has 3 saturated heterocycles. The first-order valence-electron chi connectivity index (χ1n) is 9.49. The van der Waals surface area contributed by atoms with E-state index in [1.54, 1.807) is 0 Å². The molecule has 0 N–H and O–H groups in total. The van der Waals surface area contributed by atoms with Gasteiger partial charge in [-0.15, -0.1) is 0 Å². The highest BCUT2D eigenvalue weighted by atomic mass is 16.2. The summed E-state index contributed by atoms with van der Waals surface area (Å²) in [5.74, 6) is 0.638. The molecular formula is C20H27N3O2. The van der Waals surface area contributed by atoms with Crippen molar-refractivity contribution in [1.82, 2.24) is 14.7 Å². The van der Waals surface area contributed by atoms with Gasteiger partial charge in [-0.2, -0.15) is 0 Å². The molecule has 0 aliphatic carbocycles. The predicted molar refractivity (Wildman–Crippen MR) is 96.3 cm³/mol. The van der Waals surface area contributed by atoms with Crippen LogP contribution in [0.1, 0.15) is 28.8 Å². The minimum Gasteiger partial charge on any atom is -0.341 e. The van der Waals surface area contributed by atoms with Crippen molar-refractivity contribution in [2.75, 3.05) is 45.8 Å². The van der Waals surface area contributed by atoms with Gasteiger partial charge in [-0.05, 0) is 44.5 Å². The summed E-state index contributed by atoms with van der Waals surface area (Å²) in [7, 11) is 0. The molecule has 2 amide bonds. The lowest BCUT2D eigenvalue weighted by Gasteiger charge is -2.24. The first-order chi connectivity index (χ1) is 12.1. The lowest BCUT2D eigenvalue weighted by Crippen LogP contribution is -2.39. The maximum Gasteiger partial charge on any atom is 0.254 e. The molecule has 0 spiro atoms. The average Bonchev–Trinajstić information content (AvgIpc) is 3.32. The van der Waals surface area contributed by atoms with Crippen molar-refractivity contribution < 1.29 is 9.59 Å². The van der Waals surface area contributed by atoms with Crippen molar-refractivity contribution in [3.8, 4) is 0 Å². The van der Waals surface area contributed by atoms with E-state index in [0.29, 0.717) is 19.0 Å². The fraction of sp³-hybridized carbons (Fsp3) is 0.600. The lowest BCUT2D eigenvalue weighted by molar-refractivity contribution is -0.131. The summed E-state index contributed by atoms with van der Waals surface area (Å²) in [5.41, 5.74) is 1.77. The zero-order chi connectivity index (χ0) is 17.4. The Kier molecular flexibility index (Phi) is 4.50. The molecule has 0 bridgehead atoms. The molecule has 5 nitrogen and oxygen atoms in total. The molecule has 0 saturated carbocycles. The van der Waals surface area contributed by atoms with Gasteiger partial charge in [0.2, 0.25) is 5.91 Å². The number of hydrogen-bond acceptors (Lipinski definition) is 3. The van der Waals surface area contributed by atoms with Gasteiger partial charge in [-0.3, -0.25) is 9.59 Å². The highest BCUT2D eigenvalue weighted by Gasteiger charge is 2.47. The van der Waals surface area contributed by atoms with E-state index in [4.69, 9.17) is 0 Å². The van der Waals surface area contributed by atoms with Crippen LogP contribution in [0, 0.1) is 18.8 Å². The van der Waals surface area contributed by atoms with Crippen LogP contribution in [0.3, 0.4) is 0 Å². The number of hydrogen-bond donors (Lipinski definition) is 0. The number of aryl methyl sites for hydroxylation is 1. The minimum atomic E-state index is 0.00606. The largest absolute Gasteiger partial charge is 0.341 e. The molecule has 0 aromatic heterocycles. The second kappa shape index (κ2) is 6.79. The smallest absolute Gasteiger partial charge is 0.254 e. The maximum atomic E-state index is 12.8. The summed E-state index contributed by atoms with van der Waals surface area (Å²) in [6, 6.07) is 7.71. The first kappa shape index (κ1) is 16.6. The SMILES string of the molecule is Cc1ccccc1C(=O)N1C[C@H]2CN(CCN3CCCC3)C(=O)[C@H]2C1. The van der Waals surface area contributed by atoms with E-state index in [2.05, 4.69) is 4.90 Å². The Morgan fingerprint density at radius 3 is 2.56 bits per heavy atom. The predicted octanol–water partition coefficient (Wildman–Crippen LogP) is 1.62. The van der Waals surface area contributed by atoms with Crippen molar-refractivity contribution in [2.45, 2.75) is 19.8 Å². The van der Waals surface area contributed by atoms with Gasteiger partial charge < -0.3 is 14.7 Å². The van der Waals surface area contributed by atoms with Crippen LogP contribution >= 0.6 is 0 Å². The molecule has 0 radical (unpaired) electrons. The quantitative estimate of drug-likeness (QED) is 0.836. The van der Waals surface area contributed by atoms with Crippen LogP contribution in [0.4, 0.5) is 0 Å². The maximum absolute atomic E-state index is 12.8. The number of amides is 2. The summed E-state index contributed by atoms with van der Waals surface area (Å²) in [6.07, 6.45) is 2.57. The summed E-state index contributed by atoms with van der Waals surface area (Å²) < 4.78 is 0. The van der Waals surface area contributed by atoms with Crippen LogP contribution < -0.4 is 0 Å². The second-order valence-electron chi connectivity index (χ2n) is 7.72. The number of fused-ring (bicyclic) bond motifs is 1. The Balaban J connectivity index is 1.35. The fourth-order valence-corrected chi connectivity index (χ4v) is 4.56. The molecule has 3 aliphatic heterocycles. The molecule has 1 aromatic carbocycles. The number of nitrogens with zero attached hydrogens (tertiary/aromatic N) is 3. The number of carbonyl (C=O) groups excluding carboxylic acids is 2. The van der Waals surface area contributed by atoms with E-state index in [1.165, 1.54) is 25.9 Å². The molecule has 2 atom stereocenters. The Labute approximate surface area is 149 Å². The summed E-state index contributed by atoms with van der Waals surface area (Å²) in [6.45, 7) is 8.26. The summed E-state index contributed by atoms with van der Waals surface area (Å²) >= 11 is 0. The molecule has 25 heavy (non-hydrogen) atoms. The molecule has 5 heteroatoms. The van der Waals surface area contributed by atoms with Crippen molar-refractivity contribution in [1.29, 1.82) is 0 Å². The lowest BCUT2D eigenvalue weighted by atomic mass is 10.0. The minimum absolute atomic E-state index is 0.00606. The van der Waals surface area contributed by atoms with E-state index in [0.717, 1.165) is 30.8 Å². The van der Waals surface area contributed by atoms with Gasteiger partial charge in [-0.25, -0.2) is 0 Å². The Hall–Kier alpha value is -1.88. The van der Waals surface area contributed by atoms with Gasteiger partial charge in [0.05, 0.1) is 5.92 Å². The van der Waals surface area contributed by atoms with Crippen LogP contribution in [0.5, 0.6) is 0 Å². The van der Waals surface area contributed by atoms with Gasteiger partial charge >= 0.3 is 0 Å². The van der Waals surface area contributed by atoms with Crippen molar-refractivity contribution >= 4 is 11.8 Å². The zero-order valence-electron chi connectivity index (χ0n) is 15.0. The van der Waals surface area contributed by atoms with Gasteiger partial charge in [0, 0.05) is 44.2 Å². The Bertz CT molecular complexity index is 669. The highest BCUT2D eigenvalue weighted by Crippen LogP contribution is 2.33. The third kappa shape index (κ3) is 3.17. The molecule has 3 fully saturated rings. The van der Waals surface area contributed by atoms with Gasteiger partial charge in [0.1, 0.15) is 0 Å². The van der Waals surface area contributed by atoms with E-state index in [-0.39, 0.29) is 17.7 Å². The molecule has 134 valence electrons. The Morgan fingerprint density at radius 2 is 1.84 bits per heavy atom. The monoisotopic (exact) mass is 341 g/mol. The highest BCUT2D eigenvalue weighted by molar-refractivity contribution is 5.96. The van der Waals surface area contributed by atoms with Gasteiger partial charge in [0.25, 0.3) is 5.91 Å². The summed E-state index contributed by atoms with van der Waals surface area (Å²) in [5, 5.41) is 0.